The van der Waals surface area contributed by atoms with Crippen LogP contribution < -0.4 is 5.32 Å². The van der Waals surface area contributed by atoms with Crippen molar-refractivity contribution >= 4 is 0 Å². The van der Waals surface area contributed by atoms with Gasteiger partial charge in [-0.05, 0) is 19.3 Å². The van der Waals surface area contributed by atoms with E-state index in [9.17, 15) is 0 Å². The molecular weight excluding hydrogens is 154 g/mol. The van der Waals surface area contributed by atoms with Gasteiger partial charge in [0.05, 0.1) is 12.7 Å². The molecule has 1 saturated heterocycles. The van der Waals surface area contributed by atoms with Crippen LogP contribution in [0.25, 0.3) is 0 Å². The molecule has 3 heteroatoms. The first-order valence-corrected chi connectivity index (χ1v) is 4.88. The van der Waals surface area contributed by atoms with Gasteiger partial charge in [-0.25, -0.2) is 0 Å². The van der Waals surface area contributed by atoms with E-state index in [1.807, 2.05) is 0 Å². The molecule has 1 unspecified atom stereocenters. The lowest BCUT2D eigenvalue weighted by Crippen LogP contribution is -2.42. The molecule has 1 atom stereocenters. The van der Waals surface area contributed by atoms with Crippen LogP contribution in [0.1, 0.15) is 25.7 Å². The molecule has 1 heterocycles. The monoisotopic (exact) mass is 171 g/mol. The summed E-state index contributed by atoms with van der Waals surface area (Å²) in [7, 11) is 0. The minimum absolute atomic E-state index is 0.388. The minimum atomic E-state index is 0.388. The van der Waals surface area contributed by atoms with Gasteiger partial charge in [0, 0.05) is 12.6 Å². The number of hydrogen-bond acceptors (Lipinski definition) is 3. The van der Waals surface area contributed by atoms with Gasteiger partial charge in [-0.2, -0.15) is 0 Å². The molecule has 0 amide bonds. The number of hydrogen-bond donors (Lipinski definition) is 1. The smallest absolute Gasteiger partial charge is 0.147 e. The zero-order chi connectivity index (χ0) is 8.23. The summed E-state index contributed by atoms with van der Waals surface area (Å²) in [6.07, 6.45) is 5.53. The maximum Gasteiger partial charge on any atom is 0.147 e. The van der Waals surface area contributed by atoms with Crippen LogP contribution in [-0.2, 0) is 9.47 Å². The van der Waals surface area contributed by atoms with Crippen molar-refractivity contribution in [2.75, 3.05) is 19.9 Å². The molecular formula is C9H17NO2. The third kappa shape index (κ3) is 2.19. The Balaban J connectivity index is 1.58. The molecule has 2 fully saturated rings. The lowest BCUT2D eigenvalue weighted by Gasteiger charge is -2.30. The summed E-state index contributed by atoms with van der Waals surface area (Å²) in [6.45, 7) is 2.35. The highest BCUT2D eigenvalue weighted by atomic mass is 16.7. The van der Waals surface area contributed by atoms with Crippen molar-refractivity contribution in [2.24, 2.45) is 0 Å². The predicted octanol–water partition coefficient (Wildman–Crippen LogP) is 0.891. The number of nitrogens with one attached hydrogen (secondary N) is 1. The topological polar surface area (TPSA) is 30.5 Å². The van der Waals surface area contributed by atoms with Crippen molar-refractivity contribution in [2.45, 2.75) is 37.8 Å². The Morgan fingerprint density at radius 3 is 2.75 bits per heavy atom. The SMILES string of the molecule is C1CC(NCC2CCOCO2)C1. The molecule has 1 aliphatic heterocycles. The Hall–Kier alpha value is -0.120. The van der Waals surface area contributed by atoms with E-state index in [4.69, 9.17) is 9.47 Å². The molecule has 0 spiro atoms. The molecule has 70 valence electrons. The minimum Gasteiger partial charge on any atom is -0.355 e. The average molecular weight is 171 g/mol. The Morgan fingerprint density at radius 1 is 1.25 bits per heavy atom. The summed E-state index contributed by atoms with van der Waals surface area (Å²) >= 11 is 0. The first kappa shape index (κ1) is 8.48. The summed E-state index contributed by atoms with van der Waals surface area (Å²) in [5, 5.41) is 3.51. The molecule has 1 N–H and O–H groups in total. The van der Waals surface area contributed by atoms with Gasteiger partial charge in [0.2, 0.25) is 0 Å². The van der Waals surface area contributed by atoms with Gasteiger partial charge in [0.15, 0.2) is 0 Å². The van der Waals surface area contributed by atoms with Gasteiger partial charge in [-0.1, -0.05) is 6.42 Å². The summed E-state index contributed by atoms with van der Waals surface area (Å²) in [4.78, 5) is 0. The average Bonchev–Trinajstić information content (AvgIpc) is 2.04. The molecule has 0 aromatic rings. The van der Waals surface area contributed by atoms with Crippen LogP contribution in [-0.4, -0.2) is 32.1 Å². The van der Waals surface area contributed by atoms with E-state index >= 15 is 0 Å². The van der Waals surface area contributed by atoms with E-state index in [0.717, 1.165) is 25.6 Å². The van der Waals surface area contributed by atoms with E-state index in [0.29, 0.717) is 12.9 Å². The van der Waals surface area contributed by atoms with Gasteiger partial charge >= 0.3 is 0 Å². The molecule has 0 radical (unpaired) electrons. The third-order valence-corrected chi connectivity index (χ3v) is 2.71. The van der Waals surface area contributed by atoms with Crippen LogP contribution in [0.15, 0.2) is 0 Å². The fourth-order valence-electron chi connectivity index (χ4n) is 1.57. The zero-order valence-electron chi connectivity index (χ0n) is 7.42. The van der Waals surface area contributed by atoms with Gasteiger partial charge in [-0.3, -0.25) is 0 Å². The van der Waals surface area contributed by atoms with Crippen LogP contribution in [0.2, 0.25) is 0 Å². The fourth-order valence-corrected chi connectivity index (χ4v) is 1.57. The molecule has 2 rings (SSSR count). The van der Waals surface area contributed by atoms with Crippen LogP contribution in [0, 0.1) is 0 Å². The third-order valence-electron chi connectivity index (χ3n) is 2.71. The van der Waals surface area contributed by atoms with Crippen LogP contribution in [0.3, 0.4) is 0 Å². The van der Waals surface area contributed by atoms with Gasteiger partial charge in [0.1, 0.15) is 6.79 Å². The van der Waals surface area contributed by atoms with E-state index in [1.165, 1.54) is 19.3 Å². The molecule has 3 nitrogen and oxygen atoms in total. The highest BCUT2D eigenvalue weighted by Gasteiger charge is 2.19. The second kappa shape index (κ2) is 4.21. The second-order valence-electron chi connectivity index (χ2n) is 3.64. The van der Waals surface area contributed by atoms with Crippen LogP contribution in [0.5, 0.6) is 0 Å². The number of rotatable bonds is 3. The van der Waals surface area contributed by atoms with Gasteiger partial charge in [0.25, 0.3) is 0 Å². The summed E-state index contributed by atoms with van der Waals surface area (Å²) < 4.78 is 10.5. The Bertz CT molecular complexity index is 130. The molecule has 12 heavy (non-hydrogen) atoms. The zero-order valence-corrected chi connectivity index (χ0v) is 7.42. The van der Waals surface area contributed by atoms with E-state index in [1.54, 1.807) is 0 Å². The Morgan fingerprint density at radius 2 is 2.17 bits per heavy atom. The first-order chi connectivity index (χ1) is 5.95. The highest BCUT2D eigenvalue weighted by Crippen LogP contribution is 2.18. The largest absolute Gasteiger partial charge is 0.355 e. The first-order valence-electron chi connectivity index (χ1n) is 4.88. The standard InChI is InChI=1S/C9H17NO2/c1-2-8(3-1)10-6-9-4-5-11-7-12-9/h8-10H,1-7H2. The maximum atomic E-state index is 5.41. The Kier molecular flexibility index (Phi) is 2.98. The molecule has 0 aromatic heterocycles. The summed E-state index contributed by atoms with van der Waals surface area (Å²) in [5.74, 6) is 0. The van der Waals surface area contributed by atoms with Crippen molar-refractivity contribution in [1.29, 1.82) is 0 Å². The normalized spacial score (nSPS) is 31.5. The molecule has 1 aliphatic carbocycles. The van der Waals surface area contributed by atoms with Crippen molar-refractivity contribution in [1.82, 2.24) is 5.32 Å². The second-order valence-corrected chi connectivity index (χ2v) is 3.64. The van der Waals surface area contributed by atoms with E-state index in [-0.39, 0.29) is 0 Å². The lowest BCUT2D eigenvalue weighted by atomic mass is 9.93. The maximum absolute atomic E-state index is 5.41. The van der Waals surface area contributed by atoms with Gasteiger partial charge < -0.3 is 14.8 Å². The van der Waals surface area contributed by atoms with Crippen molar-refractivity contribution < 1.29 is 9.47 Å². The Labute approximate surface area is 73.4 Å². The quantitative estimate of drug-likeness (QED) is 0.684. The van der Waals surface area contributed by atoms with Crippen LogP contribution in [0.4, 0.5) is 0 Å². The molecule has 2 aliphatic rings. The number of ether oxygens (including phenoxy) is 2. The molecule has 0 aromatic carbocycles. The summed E-state index contributed by atoms with van der Waals surface area (Å²) in [5.41, 5.74) is 0. The molecule has 1 saturated carbocycles. The van der Waals surface area contributed by atoms with Crippen molar-refractivity contribution in [3.8, 4) is 0 Å². The fraction of sp³-hybridized carbons (Fsp3) is 1.00. The van der Waals surface area contributed by atoms with Crippen molar-refractivity contribution in [3.63, 3.8) is 0 Å². The summed E-state index contributed by atoms with van der Waals surface area (Å²) in [6, 6.07) is 0.774. The van der Waals surface area contributed by atoms with Crippen LogP contribution >= 0.6 is 0 Å². The van der Waals surface area contributed by atoms with E-state index in [2.05, 4.69) is 5.32 Å². The predicted molar refractivity (Wildman–Crippen MR) is 46.0 cm³/mol. The molecule has 0 bridgehead atoms. The lowest BCUT2D eigenvalue weighted by molar-refractivity contribution is -0.137. The van der Waals surface area contributed by atoms with E-state index < -0.39 is 0 Å². The highest BCUT2D eigenvalue weighted by molar-refractivity contribution is 4.78. The van der Waals surface area contributed by atoms with Crippen molar-refractivity contribution in [3.05, 3.63) is 0 Å². The van der Waals surface area contributed by atoms with Gasteiger partial charge in [-0.15, -0.1) is 0 Å².